The topological polar surface area (TPSA) is 51.5 Å². The summed E-state index contributed by atoms with van der Waals surface area (Å²) < 4.78 is 11.2. The van der Waals surface area contributed by atoms with Gasteiger partial charge < -0.3 is 9.15 Å². The van der Waals surface area contributed by atoms with Crippen molar-refractivity contribution in [3.63, 3.8) is 0 Å². The molecule has 3 rings (SSSR count). The molecule has 0 aliphatic rings. The molecule has 0 aliphatic heterocycles. The van der Waals surface area contributed by atoms with Crippen LogP contribution >= 0.6 is 0 Å². The van der Waals surface area contributed by atoms with E-state index in [4.69, 9.17) is 9.15 Å². The highest BCUT2D eigenvalue weighted by Crippen LogP contribution is 2.30. The van der Waals surface area contributed by atoms with Crippen molar-refractivity contribution in [2.45, 2.75) is 39.5 Å². The number of para-hydroxylation sites is 1. The number of anilines is 1. The van der Waals surface area contributed by atoms with Crippen LogP contribution in [0.25, 0.3) is 21.9 Å². The molecule has 0 saturated heterocycles. The number of ether oxygens (including phenoxy) is 1. The van der Waals surface area contributed by atoms with Crippen molar-refractivity contribution >= 4 is 33.7 Å². The molecule has 1 amide bonds. The number of furan rings is 1. The van der Waals surface area contributed by atoms with E-state index in [-0.39, 0.29) is 0 Å². The van der Waals surface area contributed by atoms with Gasteiger partial charge in [-0.05, 0) is 30.5 Å². The molecule has 0 spiro atoms. The second-order valence-corrected chi connectivity index (χ2v) is 6.45. The Morgan fingerprint density at radius 2 is 1.92 bits per heavy atom. The summed E-state index contributed by atoms with van der Waals surface area (Å²) >= 11 is 0. The van der Waals surface area contributed by atoms with E-state index in [0.717, 1.165) is 34.8 Å². The third kappa shape index (κ3) is 4.13. The van der Waals surface area contributed by atoms with Gasteiger partial charge in [0.2, 0.25) is 0 Å². The molecule has 1 aromatic heterocycles. The molecule has 0 bridgehead atoms. The van der Waals surface area contributed by atoms with Gasteiger partial charge in [0.1, 0.15) is 11.2 Å². The molecule has 1 atom stereocenters. The SMILES string of the molecule is CCCCC(CC)COC(=O)Nc1ccc2c(c1)oc1ccccc12. The van der Waals surface area contributed by atoms with Gasteiger partial charge in [-0.3, -0.25) is 5.32 Å². The highest BCUT2D eigenvalue weighted by atomic mass is 16.5. The lowest BCUT2D eigenvalue weighted by atomic mass is 10.0. The monoisotopic (exact) mass is 339 g/mol. The fraction of sp³-hybridized carbons (Fsp3) is 0.381. The zero-order valence-electron chi connectivity index (χ0n) is 14.9. The van der Waals surface area contributed by atoms with Crippen LogP contribution in [-0.2, 0) is 4.74 Å². The van der Waals surface area contributed by atoms with Gasteiger partial charge >= 0.3 is 6.09 Å². The number of hydrogen-bond donors (Lipinski definition) is 1. The van der Waals surface area contributed by atoms with Gasteiger partial charge in [-0.2, -0.15) is 0 Å². The maximum absolute atomic E-state index is 12.1. The van der Waals surface area contributed by atoms with Crippen molar-refractivity contribution in [3.8, 4) is 0 Å². The third-order valence-electron chi connectivity index (χ3n) is 4.62. The average molecular weight is 339 g/mol. The van der Waals surface area contributed by atoms with E-state index in [9.17, 15) is 4.79 Å². The summed E-state index contributed by atoms with van der Waals surface area (Å²) in [7, 11) is 0. The molecular formula is C21H25NO3. The number of carbonyl (C=O) groups excluding carboxylic acids is 1. The minimum absolute atomic E-state index is 0.412. The summed E-state index contributed by atoms with van der Waals surface area (Å²) in [6.45, 7) is 4.78. The molecule has 4 heteroatoms. The molecule has 3 aromatic rings. The third-order valence-corrected chi connectivity index (χ3v) is 4.62. The van der Waals surface area contributed by atoms with Gasteiger partial charge in [0.15, 0.2) is 0 Å². The standard InChI is InChI=1S/C21H25NO3/c1-3-5-8-15(4-2)14-24-21(23)22-16-11-12-18-17-9-6-7-10-19(17)25-20(18)13-16/h6-7,9-13,15H,3-5,8,14H2,1-2H3,(H,22,23). The minimum atomic E-state index is -0.412. The molecule has 4 nitrogen and oxygen atoms in total. The van der Waals surface area contributed by atoms with Gasteiger partial charge in [0.25, 0.3) is 0 Å². The number of unbranched alkanes of at least 4 members (excludes halogenated alkanes) is 1. The summed E-state index contributed by atoms with van der Waals surface area (Å²) in [6.07, 6.45) is 4.06. The number of benzene rings is 2. The number of nitrogens with one attached hydrogen (secondary N) is 1. The van der Waals surface area contributed by atoms with Crippen LogP contribution < -0.4 is 5.32 Å². The Morgan fingerprint density at radius 1 is 1.12 bits per heavy atom. The van der Waals surface area contributed by atoms with E-state index < -0.39 is 6.09 Å². The quantitative estimate of drug-likeness (QED) is 0.545. The Labute approximate surface area is 148 Å². The van der Waals surface area contributed by atoms with Crippen LogP contribution in [0.3, 0.4) is 0 Å². The summed E-state index contributed by atoms with van der Waals surface area (Å²) in [6, 6.07) is 13.6. The van der Waals surface area contributed by atoms with Crippen LogP contribution in [0.5, 0.6) is 0 Å². The second kappa shape index (κ2) is 8.06. The molecule has 0 radical (unpaired) electrons. The van der Waals surface area contributed by atoms with E-state index in [1.54, 1.807) is 0 Å². The van der Waals surface area contributed by atoms with Crippen LogP contribution in [0.1, 0.15) is 39.5 Å². The fourth-order valence-electron chi connectivity index (χ4n) is 3.05. The number of rotatable bonds is 7. The first-order valence-electron chi connectivity index (χ1n) is 9.06. The van der Waals surface area contributed by atoms with Gasteiger partial charge in [-0.15, -0.1) is 0 Å². The lowest BCUT2D eigenvalue weighted by Crippen LogP contribution is -2.18. The number of amides is 1. The van der Waals surface area contributed by atoms with E-state index >= 15 is 0 Å². The first-order chi connectivity index (χ1) is 12.2. The van der Waals surface area contributed by atoms with Crippen LogP contribution in [0.4, 0.5) is 10.5 Å². The van der Waals surface area contributed by atoms with E-state index in [2.05, 4.69) is 19.2 Å². The Bertz CT molecular complexity index is 853. The summed E-state index contributed by atoms with van der Waals surface area (Å²) in [5.41, 5.74) is 2.28. The summed E-state index contributed by atoms with van der Waals surface area (Å²) in [5.74, 6) is 0.434. The number of fused-ring (bicyclic) bond motifs is 3. The lowest BCUT2D eigenvalue weighted by Gasteiger charge is -2.14. The first-order valence-corrected chi connectivity index (χ1v) is 9.06. The van der Waals surface area contributed by atoms with E-state index in [0.29, 0.717) is 18.2 Å². The maximum Gasteiger partial charge on any atom is 0.411 e. The molecule has 1 N–H and O–H groups in total. The van der Waals surface area contributed by atoms with Crippen molar-refractivity contribution < 1.29 is 13.9 Å². The molecular weight excluding hydrogens is 314 g/mol. The van der Waals surface area contributed by atoms with Crippen molar-refractivity contribution in [1.82, 2.24) is 0 Å². The zero-order valence-corrected chi connectivity index (χ0v) is 14.9. The highest BCUT2D eigenvalue weighted by molar-refractivity contribution is 6.06. The largest absolute Gasteiger partial charge is 0.456 e. The minimum Gasteiger partial charge on any atom is -0.456 e. The molecule has 1 heterocycles. The normalized spacial score (nSPS) is 12.4. The lowest BCUT2D eigenvalue weighted by molar-refractivity contribution is 0.136. The van der Waals surface area contributed by atoms with Crippen LogP contribution in [0, 0.1) is 5.92 Å². The summed E-state index contributed by atoms with van der Waals surface area (Å²) in [4.78, 5) is 12.1. The smallest absolute Gasteiger partial charge is 0.411 e. The summed E-state index contributed by atoms with van der Waals surface area (Å²) in [5, 5.41) is 4.91. The van der Waals surface area contributed by atoms with Crippen LogP contribution in [-0.4, -0.2) is 12.7 Å². The maximum atomic E-state index is 12.1. The highest BCUT2D eigenvalue weighted by Gasteiger charge is 2.12. The second-order valence-electron chi connectivity index (χ2n) is 6.45. The van der Waals surface area contributed by atoms with Crippen molar-refractivity contribution in [3.05, 3.63) is 42.5 Å². The van der Waals surface area contributed by atoms with Gasteiger partial charge in [0, 0.05) is 22.5 Å². The van der Waals surface area contributed by atoms with Crippen molar-refractivity contribution in [2.75, 3.05) is 11.9 Å². The van der Waals surface area contributed by atoms with Crippen molar-refractivity contribution in [2.24, 2.45) is 5.92 Å². The average Bonchev–Trinajstić information content (AvgIpc) is 2.99. The van der Waals surface area contributed by atoms with Gasteiger partial charge in [-0.25, -0.2) is 4.79 Å². The predicted octanol–water partition coefficient (Wildman–Crippen LogP) is 6.35. The Balaban J connectivity index is 1.64. The molecule has 1 unspecified atom stereocenters. The van der Waals surface area contributed by atoms with Gasteiger partial charge in [0.05, 0.1) is 6.61 Å². The van der Waals surface area contributed by atoms with Gasteiger partial charge in [-0.1, -0.05) is 51.3 Å². The molecule has 25 heavy (non-hydrogen) atoms. The van der Waals surface area contributed by atoms with Crippen LogP contribution in [0.2, 0.25) is 0 Å². The number of hydrogen-bond acceptors (Lipinski definition) is 3. The number of carbonyl (C=O) groups is 1. The zero-order chi connectivity index (χ0) is 17.6. The fourth-order valence-corrected chi connectivity index (χ4v) is 3.05. The molecule has 0 saturated carbocycles. The Morgan fingerprint density at radius 3 is 2.72 bits per heavy atom. The molecule has 132 valence electrons. The van der Waals surface area contributed by atoms with E-state index in [1.165, 1.54) is 12.8 Å². The Kier molecular flexibility index (Phi) is 5.59. The molecule has 0 fully saturated rings. The first kappa shape index (κ1) is 17.3. The van der Waals surface area contributed by atoms with Crippen LogP contribution in [0.15, 0.2) is 46.9 Å². The Hall–Kier alpha value is -2.49. The van der Waals surface area contributed by atoms with Crippen molar-refractivity contribution in [1.29, 1.82) is 0 Å². The molecule has 0 aliphatic carbocycles. The van der Waals surface area contributed by atoms with E-state index in [1.807, 2.05) is 42.5 Å². The predicted molar refractivity (Wildman–Crippen MR) is 102 cm³/mol. The molecule has 2 aromatic carbocycles.